The van der Waals surface area contributed by atoms with Gasteiger partial charge in [0.25, 0.3) is 0 Å². The van der Waals surface area contributed by atoms with Crippen LogP contribution in [-0.4, -0.2) is 50.2 Å². The number of nitrogens with zero attached hydrogens (tertiary/aromatic N) is 6. The standard InChI is InChI=1S/C19H21N7OS/c1-28-16-7-3-2-6-15(16)22-19(27)14-5-4-10-25(11-14)17-8-9-18(24-23-17)26-13-20-12-21-26/h2-3,6-9,12-14H,4-5,10-11H2,1H3,(H,22,27)/t14-/m0/s1. The monoisotopic (exact) mass is 395 g/mol. The third-order valence-corrected chi connectivity index (χ3v) is 5.57. The maximum atomic E-state index is 12.8. The summed E-state index contributed by atoms with van der Waals surface area (Å²) in [4.78, 5) is 19.9. The highest BCUT2D eigenvalue weighted by atomic mass is 32.2. The molecule has 144 valence electrons. The van der Waals surface area contributed by atoms with E-state index in [4.69, 9.17) is 0 Å². The van der Waals surface area contributed by atoms with Crippen LogP contribution in [0.5, 0.6) is 0 Å². The van der Waals surface area contributed by atoms with E-state index in [1.54, 1.807) is 22.8 Å². The molecule has 3 aromatic rings. The van der Waals surface area contributed by atoms with E-state index in [9.17, 15) is 4.79 Å². The van der Waals surface area contributed by atoms with E-state index < -0.39 is 0 Å². The van der Waals surface area contributed by atoms with Gasteiger partial charge in [-0.3, -0.25) is 4.79 Å². The second kappa shape index (κ2) is 8.39. The quantitative estimate of drug-likeness (QED) is 0.664. The summed E-state index contributed by atoms with van der Waals surface area (Å²) in [5, 5.41) is 15.7. The average molecular weight is 395 g/mol. The fourth-order valence-corrected chi connectivity index (χ4v) is 3.87. The van der Waals surface area contributed by atoms with Crippen LogP contribution >= 0.6 is 11.8 Å². The fraction of sp³-hybridized carbons (Fsp3) is 0.316. The number of hydrogen-bond donors (Lipinski definition) is 1. The Labute approximate surface area is 167 Å². The predicted octanol–water partition coefficient (Wildman–Crippen LogP) is 2.63. The third-order valence-electron chi connectivity index (χ3n) is 4.77. The molecule has 9 heteroatoms. The number of carbonyl (C=O) groups excluding carboxylic acids is 1. The van der Waals surface area contributed by atoms with E-state index in [-0.39, 0.29) is 11.8 Å². The van der Waals surface area contributed by atoms with Crippen LogP contribution in [0.2, 0.25) is 0 Å². The maximum Gasteiger partial charge on any atom is 0.229 e. The van der Waals surface area contributed by atoms with Crippen molar-refractivity contribution >= 4 is 29.2 Å². The minimum absolute atomic E-state index is 0.0541. The summed E-state index contributed by atoms with van der Waals surface area (Å²) in [7, 11) is 0. The zero-order valence-electron chi connectivity index (χ0n) is 15.5. The van der Waals surface area contributed by atoms with Gasteiger partial charge in [-0.1, -0.05) is 12.1 Å². The molecule has 1 atom stereocenters. The van der Waals surface area contributed by atoms with Gasteiger partial charge in [0, 0.05) is 18.0 Å². The number of piperidine rings is 1. The Kier molecular flexibility index (Phi) is 5.52. The van der Waals surface area contributed by atoms with Crippen LogP contribution in [0.15, 0.2) is 53.9 Å². The Hall–Kier alpha value is -2.94. The number of carbonyl (C=O) groups is 1. The van der Waals surface area contributed by atoms with Crippen LogP contribution < -0.4 is 10.2 Å². The van der Waals surface area contributed by atoms with Gasteiger partial charge in [-0.15, -0.1) is 22.0 Å². The third kappa shape index (κ3) is 3.99. The van der Waals surface area contributed by atoms with Gasteiger partial charge in [-0.2, -0.15) is 5.10 Å². The normalized spacial score (nSPS) is 16.8. The van der Waals surface area contributed by atoms with E-state index in [0.717, 1.165) is 35.8 Å². The molecule has 1 aromatic carbocycles. The summed E-state index contributed by atoms with van der Waals surface area (Å²) in [5.41, 5.74) is 0.870. The zero-order chi connectivity index (χ0) is 19.3. The number of hydrogen-bond acceptors (Lipinski definition) is 7. The number of amides is 1. The zero-order valence-corrected chi connectivity index (χ0v) is 16.3. The Morgan fingerprint density at radius 3 is 2.75 bits per heavy atom. The molecule has 0 unspecified atom stereocenters. The molecule has 0 bridgehead atoms. The Morgan fingerprint density at radius 1 is 1.18 bits per heavy atom. The number of benzene rings is 1. The van der Waals surface area contributed by atoms with Crippen LogP contribution in [0.25, 0.3) is 5.82 Å². The van der Waals surface area contributed by atoms with E-state index in [0.29, 0.717) is 12.4 Å². The molecule has 1 amide bonds. The summed E-state index contributed by atoms with van der Waals surface area (Å²) in [6, 6.07) is 11.6. The van der Waals surface area contributed by atoms with Gasteiger partial charge in [-0.05, 0) is 43.4 Å². The molecule has 28 heavy (non-hydrogen) atoms. The molecule has 0 aliphatic carbocycles. The first-order valence-electron chi connectivity index (χ1n) is 9.12. The number of para-hydroxylation sites is 1. The maximum absolute atomic E-state index is 12.8. The number of nitrogens with one attached hydrogen (secondary N) is 1. The van der Waals surface area contributed by atoms with Crippen LogP contribution in [0.4, 0.5) is 11.5 Å². The van der Waals surface area contributed by atoms with Gasteiger partial charge in [0.2, 0.25) is 5.91 Å². The highest BCUT2D eigenvalue weighted by Gasteiger charge is 2.27. The average Bonchev–Trinajstić information content (AvgIpc) is 3.29. The second-order valence-corrected chi connectivity index (χ2v) is 7.41. The summed E-state index contributed by atoms with van der Waals surface area (Å²) in [6.07, 6.45) is 6.86. The highest BCUT2D eigenvalue weighted by Crippen LogP contribution is 2.27. The Bertz CT molecular complexity index is 930. The lowest BCUT2D eigenvalue weighted by molar-refractivity contribution is -0.120. The first-order chi connectivity index (χ1) is 13.7. The lowest BCUT2D eigenvalue weighted by Crippen LogP contribution is -2.41. The van der Waals surface area contributed by atoms with Crippen LogP contribution in [-0.2, 0) is 4.79 Å². The molecular weight excluding hydrogens is 374 g/mol. The van der Waals surface area contributed by atoms with Gasteiger partial charge >= 0.3 is 0 Å². The molecule has 0 saturated carbocycles. The molecule has 0 radical (unpaired) electrons. The number of anilines is 2. The number of aromatic nitrogens is 5. The van der Waals surface area contributed by atoms with Crippen LogP contribution in [0.1, 0.15) is 12.8 Å². The second-order valence-electron chi connectivity index (χ2n) is 6.56. The largest absolute Gasteiger partial charge is 0.354 e. The van der Waals surface area contributed by atoms with Crippen molar-refractivity contribution in [2.75, 3.05) is 29.6 Å². The molecule has 4 rings (SSSR count). The molecule has 2 aromatic heterocycles. The molecular formula is C19H21N7OS. The first kappa shape index (κ1) is 18.4. The van der Waals surface area contributed by atoms with Gasteiger partial charge in [-0.25, -0.2) is 9.67 Å². The van der Waals surface area contributed by atoms with Crippen molar-refractivity contribution in [2.24, 2.45) is 5.92 Å². The van der Waals surface area contributed by atoms with Gasteiger partial charge < -0.3 is 10.2 Å². The minimum atomic E-state index is -0.0829. The molecule has 1 fully saturated rings. The molecule has 1 aliphatic heterocycles. The van der Waals surface area contributed by atoms with E-state index in [1.165, 1.54) is 6.33 Å². The van der Waals surface area contributed by atoms with E-state index >= 15 is 0 Å². The smallest absolute Gasteiger partial charge is 0.229 e. The van der Waals surface area contributed by atoms with Gasteiger partial charge in [0.05, 0.1) is 11.6 Å². The van der Waals surface area contributed by atoms with Gasteiger partial charge in [0.15, 0.2) is 11.6 Å². The summed E-state index contributed by atoms with van der Waals surface area (Å²) in [6.45, 7) is 1.49. The molecule has 1 aliphatic rings. The SMILES string of the molecule is CSc1ccccc1NC(=O)[C@H]1CCCN(c2ccc(-n3cncn3)nn2)C1. The Balaban J connectivity index is 1.43. The van der Waals surface area contributed by atoms with Crippen LogP contribution in [0, 0.1) is 5.92 Å². The van der Waals surface area contributed by atoms with Crippen molar-refractivity contribution in [2.45, 2.75) is 17.7 Å². The van der Waals surface area contributed by atoms with Crippen LogP contribution in [0.3, 0.4) is 0 Å². The Morgan fingerprint density at radius 2 is 2.00 bits per heavy atom. The van der Waals surface area contributed by atoms with E-state index in [1.807, 2.05) is 42.7 Å². The summed E-state index contributed by atoms with van der Waals surface area (Å²) >= 11 is 1.63. The molecule has 1 saturated heterocycles. The topological polar surface area (TPSA) is 88.8 Å². The lowest BCUT2D eigenvalue weighted by Gasteiger charge is -2.32. The van der Waals surface area contributed by atoms with Crippen molar-refractivity contribution in [3.8, 4) is 5.82 Å². The summed E-state index contributed by atoms with van der Waals surface area (Å²) < 4.78 is 1.56. The fourth-order valence-electron chi connectivity index (χ4n) is 3.32. The predicted molar refractivity (Wildman–Crippen MR) is 109 cm³/mol. The van der Waals surface area contributed by atoms with Crippen molar-refractivity contribution in [3.63, 3.8) is 0 Å². The summed E-state index contributed by atoms with van der Waals surface area (Å²) in [5.74, 6) is 1.35. The van der Waals surface area contributed by atoms with E-state index in [2.05, 4.69) is 30.5 Å². The minimum Gasteiger partial charge on any atom is -0.354 e. The van der Waals surface area contributed by atoms with Crippen molar-refractivity contribution < 1.29 is 4.79 Å². The van der Waals surface area contributed by atoms with Gasteiger partial charge in [0.1, 0.15) is 12.7 Å². The highest BCUT2D eigenvalue weighted by molar-refractivity contribution is 7.98. The van der Waals surface area contributed by atoms with Crippen molar-refractivity contribution in [1.82, 2.24) is 25.0 Å². The first-order valence-corrected chi connectivity index (χ1v) is 10.3. The molecule has 8 nitrogen and oxygen atoms in total. The molecule has 0 spiro atoms. The number of thioether (sulfide) groups is 1. The number of rotatable bonds is 5. The lowest BCUT2D eigenvalue weighted by atomic mass is 9.97. The molecule has 3 heterocycles. The van der Waals surface area contributed by atoms with Crippen molar-refractivity contribution in [3.05, 3.63) is 49.1 Å². The molecule has 1 N–H and O–H groups in total. The van der Waals surface area contributed by atoms with Crippen molar-refractivity contribution in [1.29, 1.82) is 0 Å².